The molecule has 0 aliphatic heterocycles. The fourth-order valence-electron chi connectivity index (χ4n) is 4.14. The SMILES string of the molecule is Cc1cccc(C)c1OCCCn1c(CCCNC(=O)c2ccc(Cl)cc2)nc2ccccc21. The molecule has 0 aliphatic carbocycles. The summed E-state index contributed by atoms with van der Waals surface area (Å²) in [5.74, 6) is 1.93. The molecule has 1 N–H and O–H groups in total. The van der Waals surface area contributed by atoms with Crippen molar-refractivity contribution in [1.82, 2.24) is 14.9 Å². The summed E-state index contributed by atoms with van der Waals surface area (Å²) in [6.07, 6.45) is 2.48. The zero-order chi connectivity index (χ0) is 23.9. The van der Waals surface area contributed by atoms with Crippen LogP contribution in [-0.4, -0.2) is 28.6 Å². The molecule has 4 rings (SSSR count). The van der Waals surface area contributed by atoms with Crippen LogP contribution >= 0.6 is 11.6 Å². The number of carbonyl (C=O) groups is 1. The number of carbonyl (C=O) groups excluding carboxylic acids is 1. The van der Waals surface area contributed by atoms with Gasteiger partial charge in [0.2, 0.25) is 0 Å². The van der Waals surface area contributed by atoms with Crippen molar-refractivity contribution in [2.45, 2.75) is 39.7 Å². The van der Waals surface area contributed by atoms with E-state index < -0.39 is 0 Å². The monoisotopic (exact) mass is 475 g/mol. The molecule has 0 fully saturated rings. The highest BCUT2D eigenvalue weighted by Crippen LogP contribution is 2.23. The number of imidazole rings is 1. The van der Waals surface area contributed by atoms with Gasteiger partial charge in [-0.05, 0) is 74.2 Å². The van der Waals surface area contributed by atoms with Crippen LogP contribution in [0.5, 0.6) is 5.75 Å². The van der Waals surface area contributed by atoms with E-state index in [0.29, 0.717) is 23.7 Å². The molecule has 176 valence electrons. The zero-order valence-corrected chi connectivity index (χ0v) is 20.4. The van der Waals surface area contributed by atoms with Gasteiger partial charge in [0.15, 0.2) is 0 Å². The lowest BCUT2D eigenvalue weighted by Crippen LogP contribution is -2.25. The number of amides is 1. The molecule has 1 amide bonds. The molecule has 1 aromatic heterocycles. The summed E-state index contributed by atoms with van der Waals surface area (Å²) in [5.41, 5.74) is 5.07. The lowest BCUT2D eigenvalue weighted by atomic mass is 10.1. The molecule has 5 nitrogen and oxygen atoms in total. The fourth-order valence-corrected chi connectivity index (χ4v) is 4.27. The van der Waals surface area contributed by atoms with Crippen LogP contribution < -0.4 is 10.1 Å². The van der Waals surface area contributed by atoms with Crippen molar-refractivity contribution in [2.24, 2.45) is 0 Å². The summed E-state index contributed by atoms with van der Waals surface area (Å²) >= 11 is 5.90. The Hall–Kier alpha value is -3.31. The Morgan fingerprint density at radius 3 is 2.47 bits per heavy atom. The van der Waals surface area contributed by atoms with Crippen LogP contribution in [0.25, 0.3) is 11.0 Å². The maximum Gasteiger partial charge on any atom is 0.251 e. The lowest BCUT2D eigenvalue weighted by Gasteiger charge is -2.13. The minimum absolute atomic E-state index is 0.0891. The Morgan fingerprint density at radius 1 is 0.971 bits per heavy atom. The Labute approximate surface area is 205 Å². The van der Waals surface area contributed by atoms with E-state index in [-0.39, 0.29) is 5.91 Å². The zero-order valence-electron chi connectivity index (χ0n) is 19.7. The normalized spacial score (nSPS) is 11.0. The highest BCUT2D eigenvalue weighted by molar-refractivity contribution is 6.30. The molecule has 0 saturated heterocycles. The third kappa shape index (κ3) is 5.78. The highest BCUT2D eigenvalue weighted by atomic mass is 35.5. The molecule has 3 aromatic carbocycles. The van der Waals surface area contributed by atoms with Crippen molar-refractivity contribution in [2.75, 3.05) is 13.2 Å². The number of nitrogens with one attached hydrogen (secondary N) is 1. The predicted molar refractivity (Wildman–Crippen MR) is 138 cm³/mol. The van der Waals surface area contributed by atoms with Crippen LogP contribution in [0.4, 0.5) is 0 Å². The van der Waals surface area contributed by atoms with E-state index in [4.69, 9.17) is 21.3 Å². The molecule has 0 spiro atoms. The van der Waals surface area contributed by atoms with Crippen molar-refractivity contribution in [3.63, 3.8) is 0 Å². The van der Waals surface area contributed by atoms with Crippen molar-refractivity contribution in [3.05, 3.63) is 94.3 Å². The number of para-hydroxylation sites is 3. The van der Waals surface area contributed by atoms with Gasteiger partial charge in [-0.2, -0.15) is 0 Å². The van der Waals surface area contributed by atoms with E-state index in [2.05, 4.69) is 48.0 Å². The van der Waals surface area contributed by atoms with Crippen molar-refractivity contribution in [1.29, 1.82) is 0 Å². The van der Waals surface area contributed by atoms with Crippen LogP contribution in [0, 0.1) is 13.8 Å². The Bertz CT molecular complexity index is 1240. The number of ether oxygens (including phenoxy) is 1. The minimum Gasteiger partial charge on any atom is -0.493 e. The Morgan fingerprint density at radius 2 is 1.71 bits per heavy atom. The van der Waals surface area contributed by atoms with Crippen molar-refractivity contribution in [3.8, 4) is 5.75 Å². The van der Waals surface area contributed by atoms with Crippen molar-refractivity contribution < 1.29 is 9.53 Å². The third-order valence-electron chi connectivity index (χ3n) is 5.88. The third-order valence-corrected chi connectivity index (χ3v) is 6.14. The molecular weight excluding hydrogens is 446 g/mol. The number of fused-ring (bicyclic) bond motifs is 1. The first-order valence-corrected chi connectivity index (χ1v) is 12.1. The number of hydrogen-bond donors (Lipinski definition) is 1. The summed E-state index contributed by atoms with van der Waals surface area (Å²) in [6.45, 7) is 6.22. The van der Waals surface area contributed by atoms with Gasteiger partial charge in [0.1, 0.15) is 11.6 Å². The average molecular weight is 476 g/mol. The number of aromatic nitrogens is 2. The summed E-state index contributed by atoms with van der Waals surface area (Å²) in [4.78, 5) is 17.2. The lowest BCUT2D eigenvalue weighted by molar-refractivity contribution is 0.0953. The van der Waals surface area contributed by atoms with Crippen LogP contribution in [0.1, 0.15) is 40.2 Å². The second-order valence-corrected chi connectivity index (χ2v) is 8.89. The van der Waals surface area contributed by atoms with Crippen molar-refractivity contribution >= 4 is 28.5 Å². The average Bonchev–Trinajstić information content (AvgIpc) is 3.18. The van der Waals surface area contributed by atoms with E-state index >= 15 is 0 Å². The molecule has 1 heterocycles. The first-order valence-electron chi connectivity index (χ1n) is 11.7. The quantitative estimate of drug-likeness (QED) is 0.280. The minimum atomic E-state index is -0.0891. The van der Waals surface area contributed by atoms with Crippen LogP contribution in [0.2, 0.25) is 5.02 Å². The molecule has 0 aliphatic rings. The van der Waals surface area contributed by atoms with E-state index in [0.717, 1.165) is 59.5 Å². The molecule has 0 bridgehead atoms. The smallest absolute Gasteiger partial charge is 0.251 e. The fraction of sp³-hybridized carbons (Fsp3) is 0.286. The van der Waals surface area contributed by atoms with Gasteiger partial charge in [0.05, 0.1) is 17.6 Å². The molecular formula is C28H30ClN3O2. The maximum absolute atomic E-state index is 12.3. The topological polar surface area (TPSA) is 56.1 Å². The summed E-state index contributed by atoms with van der Waals surface area (Å²) < 4.78 is 8.38. The number of aryl methyl sites for hydroxylation is 4. The number of rotatable bonds is 10. The number of benzene rings is 3. The number of hydrogen-bond acceptors (Lipinski definition) is 3. The van der Waals surface area contributed by atoms with Gasteiger partial charge >= 0.3 is 0 Å². The van der Waals surface area contributed by atoms with Crippen LogP contribution in [0.15, 0.2) is 66.7 Å². The largest absolute Gasteiger partial charge is 0.493 e. The van der Waals surface area contributed by atoms with E-state index in [1.165, 1.54) is 0 Å². The molecule has 6 heteroatoms. The van der Waals surface area contributed by atoms with Gasteiger partial charge in [-0.25, -0.2) is 4.98 Å². The summed E-state index contributed by atoms with van der Waals surface area (Å²) in [7, 11) is 0. The van der Waals surface area contributed by atoms with Gasteiger partial charge < -0.3 is 14.6 Å². The number of nitrogens with zero attached hydrogens (tertiary/aromatic N) is 2. The van der Waals surface area contributed by atoms with Gasteiger partial charge in [-0.3, -0.25) is 4.79 Å². The van der Waals surface area contributed by atoms with Gasteiger partial charge in [0, 0.05) is 30.1 Å². The second-order valence-electron chi connectivity index (χ2n) is 8.46. The summed E-state index contributed by atoms with van der Waals surface area (Å²) in [6, 6.07) is 21.3. The molecule has 4 aromatic rings. The van der Waals surface area contributed by atoms with Crippen LogP contribution in [0.3, 0.4) is 0 Å². The van der Waals surface area contributed by atoms with Gasteiger partial charge in [-0.1, -0.05) is 41.9 Å². The van der Waals surface area contributed by atoms with E-state index in [1.807, 2.05) is 18.2 Å². The molecule has 0 unspecified atom stereocenters. The Balaban J connectivity index is 1.34. The second kappa shape index (κ2) is 11.2. The molecule has 0 atom stereocenters. The first-order chi connectivity index (χ1) is 16.5. The first kappa shape index (κ1) is 23.8. The number of halogens is 1. The van der Waals surface area contributed by atoms with Gasteiger partial charge in [0.25, 0.3) is 5.91 Å². The van der Waals surface area contributed by atoms with E-state index in [9.17, 15) is 4.79 Å². The summed E-state index contributed by atoms with van der Waals surface area (Å²) in [5, 5.41) is 3.60. The van der Waals surface area contributed by atoms with Gasteiger partial charge in [-0.15, -0.1) is 0 Å². The predicted octanol–water partition coefficient (Wildman–Crippen LogP) is 6.14. The Kier molecular flexibility index (Phi) is 7.86. The maximum atomic E-state index is 12.3. The van der Waals surface area contributed by atoms with Crippen LogP contribution in [-0.2, 0) is 13.0 Å². The molecule has 34 heavy (non-hydrogen) atoms. The standard InChI is InChI=1S/C28H30ClN3O2/c1-20-8-5-9-21(2)27(20)34-19-7-18-32-25-11-4-3-10-24(25)31-26(32)12-6-17-30-28(33)22-13-15-23(29)16-14-22/h3-5,8-11,13-16H,6-7,12,17-19H2,1-2H3,(H,30,33). The highest BCUT2D eigenvalue weighted by Gasteiger charge is 2.11. The van der Waals surface area contributed by atoms with E-state index in [1.54, 1.807) is 24.3 Å². The molecule has 0 radical (unpaired) electrons. The molecule has 0 saturated carbocycles.